The number of benzene rings is 2. The average molecular weight is 385 g/mol. The molecule has 0 radical (unpaired) electrons. The average Bonchev–Trinajstić information content (AvgIpc) is 3.17. The lowest BCUT2D eigenvalue weighted by Gasteiger charge is -2.22. The van der Waals surface area contributed by atoms with Crippen molar-refractivity contribution >= 4 is 11.7 Å². The second-order valence-corrected chi connectivity index (χ2v) is 7.40. The van der Waals surface area contributed by atoms with Crippen molar-refractivity contribution in [2.24, 2.45) is 5.92 Å². The Kier molecular flexibility index (Phi) is 6.39. The van der Waals surface area contributed by atoms with E-state index in [1.165, 1.54) is 6.07 Å². The number of methoxy groups -OCH3 is 1. The first kappa shape index (κ1) is 20.0. The molecule has 1 saturated heterocycles. The molecular formula is C22H28FN3O2. The van der Waals surface area contributed by atoms with Gasteiger partial charge in [0, 0.05) is 33.2 Å². The highest BCUT2D eigenvalue weighted by atomic mass is 19.1. The molecule has 0 saturated carbocycles. The third-order valence-corrected chi connectivity index (χ3v) is 5.26. The van der Waals surface area contributed by atoms with E-state index >= 15 is 0 Å². The molecule has 2 aromatic rings. The summed E-state index contributed by atoms with van der Waals surface area (Å²) in [5.41, 5.74) is 2.48. The minimum absolute atomic E-state index is 0.142. The minimum atomic E-state index is -0.242. The first-order chi connectivity index (χ1) is 13.5. The van der Waals surface area contributed by atoms with Crippen LogP contribution in [0.4, 0.5) is 14.9 Å². The first-order valence-corrected chi connectivity index (χ1v) is 9.60. The molecule has 1 atom stereocenters. The lowest BCUT2D eigenvalue weighted by molar-refractivity contribution is 0.205. The maximum Gasteiger partial charge on any atom is 0.317 e. The van der Waals surface area contributed by atoms with Gasteiger partial charge in [-0.25, -0.2) is 9.18 Å². The molecule has 6 heteroatoms. The Hall–Kier alpha value is -2.76. The molecule has 0 bridgehead atoms. The van der Waals surface area contributed by atoms with Crippen LogP contribution in [0.25, 0.3) is 0 Å². The van der Waals surface area contributed by atoms with Gasteiger partial charge >= 0.3 is 6.03 Å². The number of para-hydroxylation sites is 2. The van der Waals surface area contributed by atoms with Gasteiger partial charge in [-0.15, -0.1) is 0 Å². The number of carbonyl (C=O) groups is 1. The van der Waals surface area contributed by atoms with Crippen molar-refractivity contribution in [1.82, 2.24) is 10.2 Å². The van der Waals surface area contributed by atoms with Crippen LogP contribution in [-0.2, 0) is 6.54 Å². The largest absolute Gasteiger partial charge is 0.495 e. The van der Waals surface area contributed by atoms with Crippen molar-refractivity contribution < 1.29 is 13.9 Å². The Morgan fingerprint density at radius 3 is 2.86 bits per heavy atom. The summed E-state index contributed by atoms with van der Waals surface area (Å²) in [5.74, 6) is 1.02. The van der Waals surface area contributed by atoms with Crippen molar-refractivity contribution in [2.75, 3.05) is 38.7 Å². The Morgan fingerprint density at radius 2 is 2.11 bits per heavy atom. The highest BCUT2D eigenvalue weighted by Gasteiger charge is 2.25. The van der Waals surface area contributed by atoms with Gasteiger partial charge in [-0.3, -0.25) is 0 Å². The zero-order valence-corrected chi connectivity index (χ0v) is 16.7. The standard InChI is InChI=1S/C22H28FN3O2/c1-16-8-9-17(12-19(16)23)14-25(2)22(27)24-13-18-10-11-26(15-18)20-6-4-5-7-21(20)28-3/h4-9,12,18H,10-11,13-15H2,1-3H3,(H,24,27)/t18-/m1/s1. The molecular weight excluding hydrogens is 357 g/mol. The number of hydrogen-bond donors (Lipinski definition) is 1. The smallest absolute Gasteiger partial charge is 0.317 e. The van der Waals surface area contributed by atoms with Gasteiger partial charge in [0.05, 0.1) is 12.8 Å². The van der Waals surface area contributed by atoms with E-state index in [1.807, 2.05) is 24.3 Å². The molecule has 1 N–H and O–H groups in total. The number of ether oxygens (including phenoxy) is 1. The first-order valence-electron chi connectivity index (χ1n) is 9.60. The monoisotopic (exact) mass is 385 g/mol. The fourth-order valence-electron chi connectivity index (χ4n) is 3.56. The topological polar surface area (TPSA) is 44.8 Å². The number of hydrogen-bond acceptors (Lipinski definition) is 3. The fraction of sp³-hybridized carbons (Fsp3) is 0.409. The third kappa shape index (κ3) is 4.74. The molecule has 3 rings (SSSR count). The number of amides is 2. The highest BCUT2D eigenvalue weighted by Crippen LogP contribution is 2.31. The number of rotatable bonds is 6. The Morgan fingerprint density at radius 1 is 1.32 bits per heavy atom. The van der Waals surface area contributed by atoms with Crippen molar-refractivity contribution in [3.05, 3.63) is 59.4 Å². The van der Waals surface area contributed by atoms with Crippen molar-refractivity contribution in [1.29, 1.82) is 0 Å². The third-order valence-electron chi connectivity index (χ3n) is 5.26. The molecule has 28 heavy (non-hydrogen) atoms. The Balaban J connectivity index is 1.49. The van der Waals surface area contributed by atoms with Crippen LogP contribution in [0.3, 0.4) is 0 Å². The Bertz CT molecular complexity index is 827. The number of carbonyl (C=O) groups excluding carboxylic acids is 1. The molecule has 0 aliphatic carbocycles. The molecule has 2 amide bonds. The molecule has 0 aromatic heterocycles. The summed E-state index contributed by atoms with van der Waals surface area (Å²) in [6.07, 6.45) is 1.02. The number of urea groups is 1. The van der Waals surface area contributed by atoms with E-state index in [0.717, 1.165) is 36.5 Å². The second kappa shape index (κ2) is 8.95. The fourth-order valence-corrected chi connectivity index (χ4v) is 3.56. The zero-order chi connectivity index (χ0) is 20.1. The summed E-state index contributed by atoms with van der Waals surface area (Å²) in [4.78, 5) is 16.3. The van der Waals surface area contributed by atoms with Crippen molar-refractivity contribution in [3.8, 4) is 5.75 Å². The van der Waals surface area contributed by atoms with Crippen LogP contribution in [0.5, 0.6) is 5.75 Å². The number of nitrogens with zero attached hydrogens (tertiary/aromatic N) is 2. The van der Waals surface area contributed by atoms with Crippen LogP contribution < -0.4 is 15.0 Å². The number of anilines is 1. The predicted molar refractivity (Wildman–Crippen MR) is 109 cm³/mol. The molecule has 1 heterocycles. The summed E-state index contributed by atoms with van der Waals surface area (Å²) in [6, 6.07) is 12.9. The number of halogens is 1. The van der Waals surface area contributed by atoms with E-state index in [-0.39, 0.29) is 11.8 Å². The van der Waals surface area contributed by atoms with Gasteiger partial charge in [-0.2, -0.15) is 0 Å². The maximum atomic E-state index is 13.7. The quantitative estimate of drug-likeness (QED) is 0.822. The van der Waals surface area contributed by atoms with Crippen LogP contribution in [0.2, 0.25) is 0 Å². The highest BCUT2D eigenvalue weighted by molar-refractivity contribution is 5.73. The molecule has 0 unspecified atom stereocenters. The van der Waals surface area contributed by atoms with Crippen LogP contribution in [0.1, 0.15) is 17.5 Å². The lowest BCUT2D eigenvalue weighted by Crippen LogP contribution is -2.39. The van der Waals surface area contributed by atoms with Crippen LogP contribution in [0.15, 0.2) is 42.5 Å². The minimum Gasteiger partial charge on any atom is -0.495 e. The van der Waals surface area contributed by atoms with Gasteiger partial charge in [0.25, 0.3) is 0 Å². The van der Waals surface area contributed by atoms with Crippen LogP contribution >= 0.6 is 0 Å². The normalized spacial score (nSPS) is 16.1. The second-order valence-electron chi connectivity index (χ2n) is 7.40. The van der Waals surface area contributed by atoms with Crippen LogP contribution in [-0.4, -0.2) is 44.7 Å². The van der Waals surface area contributed by atoms with E-state index in [4.69, 9.17) is 4.74 Å². The summed E-state index contributed by atoms with van der Waals surface area (Å²) >= 11 is 0. The van der Waals surface area contributed by atoms with E-state index in [2.05, 4.69) is 16.3 Å². The SMILES string of the molecule is COc1ccccc1N1CC[C@H](CNC(=O)N(C)Cc2ccc(C)c(F)c2)C1. The molecule has 150 valence electrons. The van der Waals surface area contributed by atoms with Gasteiger partial charge < -0.3 is 19.9 Å². The summed E-state index contributed by atoms with van der Waals surface area (Å²) < 4.78 is 19.1. The number of aryl methyl sites for hydroxylation is 1. The van der Waals surface area contributed by atoms with Gasteiger partial charge in [0.15, 0.2) is 0 Å². The van der Waals surface area contributed by atoms with Gasteiger partial charge in [-0.1, -0.05) is 24.3 Å². The van der Waals surface area contributed by atoms with Crippen molar-refractivity contribution in [3.63, 3.8) is 0 Å². The molecule has 0 spiro atoms. The maximum absolute atomic E-state index is 13.7. The molecule has 1 fully saturated rings. The van der Waals surface area contributed by atoms with E-state index in [9.17, 15) is 9.18 Å². The zero-order valence-electron chi connectivity index (χ0n) is 16.7. The molecule has 1 aliphatic heterocycles. The van der Waals surface area contributed by atoms with E-state index < -0.39 is 0 Å². The van der Waals surface area contributed by atoms with Crippen LogP contribution in [0, 0.1) is 18.7 Å². The van der Waals surface area contributed by atoms with E-state index in [1.54, 1.807) is 32.0 Å². The van der Waals surface area contributed by atoms with Gasteiger partial charge in [0.2, 0.25) is 0 Å². The molecule has 1 aliphatic rings. The molecule has 5 nitrogen and oxygen atoms in total. The Labute approximate surface area is 166 Å². The lowest BCUT2D eigenvalue weighted by atomic mass is 10.1. The summed E-state index contributed by atoms with van der Waals surface area (Å²) in [5, 5.41) is 3.01. The summed E-state index contributed by atoms with van der Waals surface area (Å²) in [6.45, 7) is 4.55. The summed E-state index contributed by atoms with van der Waals surface area (Å²) in [7, 11) is 3.41. The number of nitrogens with one attached hydrogen (secondary N) is 1. The van der Waals surface area contributed by atoms with E-state index in [0.29, 0.717) is 24.6 Å². The van der Waals surface area contributed by atoms with Gasteiger partial charge in [-0.05, 0) is 48.6 Å². The molecule has 2 aromatic carbocycles. The predicted octanol–water partition coefficient (Wildman–Crippen LogP) is 3.81. The van der Waals surface area contributed by atoms with Gasteiger partial charge in [0.1, 0.15) is 11.6 Å². The van der Waals surface area contributed by atoms with Crippen molar-refractivity contribution in [2.45, 2.75) is 19.9 Å².